The second-order valence-electron chi connectivity index (χ2n) is 2.81. The van der Waals surface area contributed by atoms with Crippen molar-refractivity contribution in [3.05, 3.63) is 12.4 Å². The van der Waals surface area contributed by atoms with Gasteiger partial charge in [-0.25, -0.2) is 0 Å². The van der Waals surface area contributed by atoms with E-state index >= 15 is 0 Å². The summed E-state index contributed by atoms with van der Waals surface area (Å²) in [6.07, 6.45) is 3.41. The van der Waals surface area contributed by atoms with Crippen molar-refractivity contribution in [2.24, 2.45) is 5.73 Å². The Bertz CT molecular complexity index is 217. The molecule has 0 fully saturated rings. The number of nitrogens with two attached hydrogens (primary N) is 1. The average Bonchev–Trinajstić information content (AvgIpc) is 2.48. The summed E-state index contributed by atoms with van der Waals surface area (Å²) in [6, 6.07) is 0. The monoisotopic (exact) mass is 185 g/mol. The number of carbonyl (C=O) groups is 1. The standard InChI is InChI=1S/C8H15N3O2/c1-3-11-5-4-10(2)8(11)13-7(12)6-9/h4-5,8H,3,6,9H2,1-2H3. The topological polar surface area (TPSA) is 58.8 Å². The molecule has 0 saturated heterocycles. The third kappa shape index (κ3) is 2.12. The summed E-state index contributed by atoms with van der Waals surface area (Å²) in [5.41, 5.74) is 5.15. The first-order valence-electron chi connectivity index (χ1n) is 4.24. The van der Waals surface area contributed by atoms with E-state index in [1.54, 1.807) is 0 Å². The van der Waals surface area contributed by atoms with Crippen molar-refractivity contribution in [2.45, 2.75) is 13.3 Å². The highest BCUT2D eigenvalue weighted by molar-refractivity contribution is 5.71. The van der Waals surface area contributed by atoms with Crippen LogP contribution in [0.15, 0.2) is 12.4 Å². The van der Waals surface area contributed by atoms with Gasteiger partial charge in [0, 0.05) is 26.0 Å². The van der Waals surface area contributed by atoms with Crippen molar-refractivity contribution < 1.29 is 9.53 Å². The molecule has 5 nitrogen and oxygen atoms in total. The Kier molecular flexibility index (Phi) is 3.13. The molecule has 0 aliphatic carbocycles. The molecule has 1 heterocycles. The van der Waals surface area contributed by atoms with Crippen LogP contribution in [0.25, 0.3) is 0 Å². The molecule has 0 bridgehead atoms. The first kappa shape index (κ1) is 9.85. The maximum absolute atomic E-state index is 10.9. The molecule has 0 spiro atoms. The number of rotatable bonds is 3. The highest BCUT2D eigenvalue weighted by Gasteiger charge is 2.25. The normalized spacial score (nSPS) is 21.0. The van der Waals surface area contributed by atoms with Gasteiger partial charge in [-0.15, -0.1) is 0 Å². The molecule has 0 aromatic rings. The smallest absolute Gasteiger partial charge is 0.322 e. The fourth-order valence-electron chi connectivity index (χ4n) is 1.15. The van der Waals surface area contributed by atoms with Crippen LogP contribution in [0.3, 0.4) is 0 Å². The SMILES string of the molecule is CCN1C=CN(C)C1OC(=O)CN. The molecule has 5 heteroatoms. The van der Waals surface area contributed by atoms with Crippen LogP contribution in [0, 0.1) is 0 Å². The highest BCUT2D eigenvalue weighted by Crippen LogP contribution is 2.14. The number of hydrogen-bond acceptors (Lipinski definition) is 5. The summed E-state index contributed by atoms with van der Waals surface area (Å²) >= 11 is 0. The number of nitrogens with zero attached hydrogens (tertiary/aromatic N) is 2. The molecule has 13 heavy (non-hydrogen) atoms. The molecule has 1 unspecified atom stereocenters. The Morgan fingerprint density at radius 3 is 2.85 bits per heavy atom. The largest absolute Gasteiger partial charge is 0.421 e. The Labute approximate surface area is 77.7 Å². The molecule has 1 atom stereocenters. The van der Waals surface area contributed by atoms with E-state index in [9.17, 15) is 4.79 Å². The fraction of sp³-hybridized carbons (Fsp3) is 0.625. The highest BCUT2D eigenvalue weighted by atomic mass is 16.6. The van der Waals surface area contributed by atoms with Crippen LogP contribution in [0.4, 0.5) is 0 Å². The lowest BCUT2D eigenvalue weighted by molar-refractivity contribution is -0.164. The van der Waals surface area contributed by atoms with Crippen LogP contribution in [-0.2, 0) is 9.53 Å². The summed E-state index contributed by atoms with van der Waals surface area (Å²) < 4.78 is 5.10. The zero-order chi connectivity index (χ0) is 9.84. The van der Waals surface area contributed by atoms with Gasteiger partial charge in [-0.2, -0.15) is 0 Å². The van der Waals surface area contributed by atoms with E-state index in [1.807, 2.05) is 36.2 Å². The minimum atomic E-state index is -0.390. The van der Waals surface area contributed by atoms with Crippen LogP contribution in [-0.4, -0.2) is 42.3 Å². The molecular weight excluding hydrogens is 170 g/mol. The fourth-order valence-corrected chi connectivity index (χ4v) is 1.15. The Hall–Kier alpha value is -1.23. The van der Waals surface area contributed by atoms with Gasteiger partial charge in [0.15, 0.2) is 0 Å². The van der Waals surface area contributed by atoms with Crippen LogP contribution in [0.5, 0.6) is 0 Å². The quantitative estimate of drug-likeness (QED) is 0.601. The van der Waals surface area contributed by atoms with Gasteiger partial charge in [0.1, 0.15) is 0 Å². The first-order chi connectivity index (χ1) is 6.19. The number of carbonyl (C=O) groups excluding carboxylic acids is 1. The van der Waals surface area contributed by atoms with Gasteiger partial charge < -0.3 is 20.3 Å². The van der Waals surface area contributed by atoms with Crippen LogP contribution < -0.4 is 5.73 Å². The zero-order valence-corrected chi connectivity index (χ0v) is 7.93. The lowest BCUT2D eigenvalue weighted by Crippen LogP contribution is -2.41. The molecule has 2 N–H and O–H groups in total. The predicted octanol–water partition coefficient (Wildman–Crippen LogP) is -0.490. The summed E-state index contributed by atoms with van der Waals surface area (Å²) in [5.74, 6) is -0.390. The van der Waals surface area contributed by atoms with Gasteiger partial charge in [0.25, 0.3) is 6.35 Å². The van der Waals surface area contributed by atoms with E-state index < -0.39 is 0 Å². The molecule has 1 rings (SSSR count). The molecule has 0 amide bonds. The minimum Gasteiger partial charge on any atom is -0.421 e. The van der Waals surface area contributed by atoms with Crippen molar-refractivity contribution in [1.82, 2.24) is 9.80 Å². The van der Waals surface area contributed by atoms with Gasteiger partial charge in [-0.3, -0.25) is 4.79 Å². The maximum Gasteiger partial charge on any atom is 0.322 e. The Balaban J connectivity index is 2.52. The number of esters is 1. The molecule has 0 aromatic carbocycles. The van der Waals surface area contributed by atoms with Crippen LogP contribution in [0.2, 0.25) is 0 Å². The Morgan fingerprint density at radius 2 is 2.31 bits per heavy atom. The van der Waals surface area contributed by atoms with E-state index in [1.165, 1.54) is 0 Å². The van der Waals surface area contributed by atoms with E-state index in [-0.39, 0.29) is 18.9 Å². The van der Waals surface area contributed by atoms with Crippen LogP contribution >= 0.6 is 0 Å². The molecule has 1 aliphatic heterocycles. The minimum absolute atomic E-state index is 0.0815. The molecular formula is C8H15N3O2. The zero-order valence-electron chi connectivity index (χ0n) is 7.93. The van der Waals surface area contributed by atoms with Gasteiger partial charge in [-0.05, 0) is 6.92 Å². The van der Waals surface area contributed by atoms with Crippen molar-refractivity contribution in [3.63, 3.8) is 0 Å². The third-order valence-electron chi connectivity index (χ3n) is 1.89. The van der Waals surface area contributed by atoms with Gasteiger partial charge >= 0.3 is 5.97 Å². The van der Waals surface area contributed by atoms with Crippen molar-refractivity contribution in [3.8, 4) is 0 Å². The van der Waals surface area contributed by atoms with E-state index in [4.69, 9.17) is 10.5 Å². The average molecular weight is 185 g/mol. The molecule has 0 radical (unpaired) electrons. The number of ether oxygens (including phenoxy) is 1. The van der Waals surface area contributed by atoms with Gasteiger partial charge in [-0.1, -0.05) is 0 Å². The summed E-state index contributed by atoms with van der Waals surface area (Å²) in [7, 11) is 1.85. The van der Waals surface area contributed by atoms with Crippen molar-refractivity contribution >= 4 is 5.97 Å². The summed E-state index contributed by atoms with van der Waals surface area (Å²) in [6.45, 7) is 2.71. The Morgan fingerprint density at radius 1 is 1.62 bits per heavy atom. The summed E-state index contributed by atoms with van der Waals surface area (Å²) in [5, 5.41) is 0. The first-order valence-corrected chi connectivity index (χ1v) is 4.24. The maximum atomic E-state index is 10.9. The molecule has 0 saturated carbocycles. The molecule has 0 aromatic heterocycles. The van der Waals surface area contributed by atoms with E-state index in [0.717, 1.165) is 6.54 Å². The lowest BCUT2D eigenvalue weighted by atomic mass is 10.6. The van der Waals surface area contributed by atoms with Crippen molar-refractivity contribution in [1.29, 1.82) is 0 Å². The van der Waals surface area contributed by atoms with E-state index in [0.29, 0.717) is 0 Å². The van der Waals surface area contributed by atoms with Gasteiger partial charge in [0.2, 0.25) is 0 Å². The van der Waals surface area contributed by atoms with Crippen molar-refractivity contribution in [2.75, 3.05) is 20.1 Å². The molecule has 74 valence electrons. The second kappa shape index (κ2) is 4.13. The van der Waals surface area contributed by atoms with Gasteiger partial charge in [0.05, 0.1) is 6.54 Å². The number of hydrogen-bond donors (Lipinski definition) is 1. The lowest BCUT2D eigenvalue weighted by Gasteiger charge is -2.28. The van der Waals surface area contributed by atoms with E-state index in [2.05, 4.69) is 0 Å². The van der Waals surface area contributed by atoms with Crippen LogP contribution in [0.1, 0.15) is 6.92 Å². The second-order valence-corrected chi connectivity index (χ2v) is 2.81. The molecule has 1 aliphatic rings. The third-order valence-corrected chi connectivity index (χ3v) is 1.89. The summed E-state index contributed by atoms with van der Waals surface area (Å²) in [4.78, 5) is 14.7. The predicted molar refractivity (Wildman–Crippen MR) is 48.2 cm³/mol.